The van der Waals surface area contributed by atoms with Gasteiger partial charge in [0.25, 0.3) is 0 Å². The number of allylic oxidation sites excluding steroid dienone is 3. The zero-order valence-electron chi connectivity index (χ0n) is 15.9. The molecule has 1 aromatic carbocycles. The lowest BCUT2D eigenvalue weighted by atomic mass is 10.0. The van der Waals surface area contributed by atoms with Crippen LogP contribution in [-0.4, -0.2) is 41.8 Å². The fourth-order valence-corrected chi connectivity index (χ4v) is 3.68. The van der Waals surface area contributed by atoms with Gasteiger partial charge < -0.3 is 15.4 Å². The highest BCUT2D eigenvalue weighted by Crippen LogP contribution is 2.21. The maximum Gasteiger partial charge on any atom is 0.240 e. The van der Waals surface area contributed by atoms with Crippen molar-refractivity contribution < 1.29 is 14.3 Å². The largest absolute Gasteiger partial charge is 0.489 e. The third kappa shape index (κ3) is 5.07. The summed E-state index contributed by atoms with van der Waals surface area (Å²) in [5.41, 5.74) is 8.42. The Bertz CT molecular complexity index is 736. The van der Waals surface area contributed by atoms with Crippen LogP contribution in [0.2, 0.25) is 0 Å². The van der Waals surface area contributed by atoms with E-state index in [9.17, 15) is 9.59 Å². The van der Waals surface area contributed by atoms with Crippen LogP contribution in [0.25, 0.3) is 0 Å². The second-order valence-corrected chi connectivity index (χ2v) is 7.34. The topological polar surface area (TPSA) is 72.6 Å². The van der Waals surface area contributed by atoms with E-state index in [2.05, 4.69) is 18.2 Å². The second kappa shape index (κ2) is 9.00. The zero-order valence-corrected chi connectivity index (χ0v) is 15.9. The van der Waals surface area contributed by atoms with Crippen molar-refractivity contribution in [3.8, 4) is 5.75 Å². The lowest BCUT2D eigenvalue weighted by molar-refractivity contribution is -0.138. The van der Waals surface area contributed by atoms with Gasteiger partial charge in [0.05, 0.1) is 12.1 Å². The first-order chi connectivity index (χ1) is 13.0. The number of hydrogen-bond acceptors (Lipinski definition) is 4. The highest BCUT2D eigenvalue weighted by atomic mass is 16.5. The van der Waals surface area contributed by atoms with Crippen molar-refractivity contribution in [1.82, 2.24) is 4.90 Å². The van der Waals surface area contributed by atoms with Gasteiger partial charge in [-0.3, -0.25) is 9.59 Å². The lowest BCUT2D eigenvalue weighted by Gasteiger charge is -2.25. The van der Waals surface area contributed by atoms with Crippen LogP contribution >= 0.6 is 0 Å². The summed E-state index contributed by atoms with van der Waals surface area (Å²) in [4.78, 5) is 26.0. The van der Waals surface area contributed by atoms with Gasteiger partial charge in [0.15, 0.2) is 5.78 Å². The van der Waals surface area contributed by atoms with Crippen molar-refractivity contribution in [2.75, 3.05) is 13.2 Å². The summed E-state index contributed by atoms with van der Waals surface area (Å²) >= 11 is 0. The maximum atomic E-state index is 12.6. The molecule has 5 nitrogen and oxygen atoms in total. The van der Waals surface area contributed by atoms with Crippen LogP contribution in [0.3, 0.4) is 0 Å². The number of nitrogens with zero attached hydrogens (tertiary/aromatic N) is 1. The van der Waals surface area contributed by atoms with Gasteiger partial charge in [-0.1, -0.05) is 30.4 Å². The van der Waals surface area contributed by atoms with Crippen molar-refractivity contribution in [2.24, 2.45) is 5.73 Å². The molecule has 1 aromatic rings. The molecule has 1 fully saturated rings. The monoisotopic (exact) mass is 368 g/mol. The number of Topliss-reactive ketones (excluding diaryl/α,β-unsaturated/α-hetero) is 1. The number of carbonyl (C=O) groups excluding carboxylic acids is 2. The number of carbonyl (C=O) groups is 2. The zero-order chi connectivity index (χ0) is 19.2. The third-order valence-electron chi connectivity index (χ3n) is 5.23. The standard InChI is InChI=1S/C22H28N2O3/c1-16(25)21-8-5-13-24(21)22(26)20(23)14-17-9-11-19(12-10-17)27-15-18-6-3-2-4-7-18/h2-3,6,9-12,20-21H,4-5,7-8,13-15,23H2,1H3. The van der Waals surface area contributed by atoms with E-state index in [1.54, 1.807) is 11.8 Å². The van der Waals surface area contributed by atoms with Crippen molar-refractivity contribution in [2.45, 2.75) is 51.1 Å². The molecule has 0 radical (unpaired) electrons. The van der Waals surface area contributed by atoms with Crippen molar-refractivity contribution in [3.63, 3.8) is 0 Å². The Morgan fingerprint density at radius 2 is 2.07 bits per heavy atom. The lowest BCUT2D eigenvalue weighted by Crippen LogP contribution is -2.48. The quantitative estimate of drug-likeness (QED) is 0.803. The highest BCUT2D eigenvalue weighted by molar-refractivity contribution is 5.90. The van der Waals surface area contributed by atoms with E-state index in [0.29, 0.717) is 19.6 Å². The molecule has 0 bridgehead atoms. The Morgan fingerprint density at radius 3 is 2.74 bits per heavy atom. The molecular formula is C22H28N2O3. The molecule has 27 heavy (non-hydrogen) atoms. The van der Waals surface area contributed by atoms with Gasteiger partial charge in [-0.05, 0) is 62.3 Å². The Kier molecular flexibility index (Phi) is 6.45. The molecule has 1 aliphatic heterocycles. The summed E-state index contributed by atoms with van der Waals surface area (Å²) < 4.78 is 5.83. The molecule has 0 saturated carbocycles. The Balaban J connectivity index is 1.52. The van der Waals surface area contributed by atoms with Gasteiger partial charge in [-0.25, -0.2) is 0 Å². The molecule has 1 amide bonds. The number of nitrogens with two attached hydrogens (primary N) is 1. The average Bonchev–Trinajstić information content (AvgIpc) is 3.18. The van der Waals surface area contributed by atoms with Crippen molar-refractivity contribution in [3.05, 3.63) is 53.6 Å². The van der Waals surface area contributed by atoms with Crippen LogP contribution in [0.5, 0.6) is 5.75 Å². The summed E-state index contributed by atoms with van der Waals surface area (Å²) in [5.74, 6) is 0.716. The molecule has 2 atom stereocenters. The number of hydrogen-bond donors (Lipinski definition) is 1. The van der Waals surface area contributed by atoms with E-state index in [-0.39, 0.29) is 17.7 Å². The Morgan fingerprint density at radius 1 is 1.30 bits per heavy atom. The molecule has 1 heterocycles. The fraction of sp³-hybridized carbons (Fsp3) is 0.455. The Labute approximate surface area is 160 Å². The van der Waals surface area contributed by atoms with E-state index in [4.69, 9.17) is 10.5 Å². The second-order valence-electron chi connectivity index (χ2n) is 7.34. The number of ether oxygens (including phenoxy) is 1. The minimum Gasteiger partial charge on any atom is -0.489 e. The molecule has 2 unspecified atom stereocenters. The molecule has 0 aromatic heterocycles. The predicted molar refractivity (Wildman–Crippen MR) is 105 cm³/mol. The molecular weight excluding hydrogens is 340 g/mol. The molecule has 144 valence electrons. The van der Waals surface area contributed by atoms with E-state index in [0.717, 1.165) is 37.0 Å². The normalized spacial score (nSPS) is 20.3. The average molecular weight is 368 g/mol. The van der Waals surface area contributed by atoms with Gasteiger partial charge >= 0.3 is 0 Å². The van der Waals surface area contributed by atoms with Crippen molar-refractivity contribution in [1.29, 1.82) is 0 Å². The number of ketones is 1. The maximum absolute atomic E-state index is 12.6. The highest BCUT2D eigenvalue weighted by Gasteiger charge is 2.34. The number of rotatable bonds is 7. The molecule has 2 aliphatic rings. The van der Waals surface area contributed by atoms with Crippen LogP contribution in [0.1, 0.15) is 38.2 Å². The number of amides is 1. The van der Waals surface area contributed by atoms with Crippen molar-refractivity contribution >= 4 is 11.7 Å². The minimum atomic E-state index is -0.629. The smallest absolute Gasteiger partial charge is 0.240 e. The summed E-state index contributed by atoms with van der Waals surface area (Å²) in [5, 5.41) is 0. The van der Waals surface area contributed by atoms with Gasteiger partial charge in [-0.2, -0.15) is 0 Å². The fourth-order valence-electron chi connectivity index (χ4n) is 3.68. The SMILES string of the molecule is CC(=O)C1CCCN1C(=O)C(N)Cc1ccc(OCC2=CC=CCC2)cc1. The Hall–Kier alpha value is -2.40. The summed E-state index contributed by atoms with van der Waals surface area (Å²) in [7, 11) is 0. The first kappa shape index (κ1) is 19.4. The number of benzene rings is 1. The van der Waals surface area contributed by atoms with Gasteiger partial charge in [0.1, 0.15) is 12.4 Å². The van der Waals surface area contributed by atoms with Crippen LogP contribution in [-0.2, 0) is 16.0 Å². The van der Waals surface area contributed by atoms with E-state index in [1.807, 2.05) is 24.3 Å². The predicted octanol–water partition coefficient (Wildman–Crippen LogP) is 2.79. The molecule has 2 N–H and O–H groups in total. The summed E-state index contributed by atoms with van der Waals surface area (Å²) in [6.07, 6.45) is 10.5. The first-order valence-electron chi connectivity index (χ1n) is 9.67. The first-order valence-corrected chi connectivity index (χ1v) is 9.67. The minimum absolute atomic E-state index is 0.0399. The van der Waals surface area contributed by atoms with E-state index >= 15 is 0 Å². The van der Waals surface area contributed by atoms with Gasteiger partial charge in [0, 0.05) is 6.54 Å². The van der Waals surface area contributed by atoms with Crippen LogP contribution in [0.4, 0.5) is 0 Å². The molecule has 1 aliphatic carbocycles. The number of likely N-dealkylation sites (tertiary alicyclic amines) is 1. The summed E-state index contributed by atoms with van der Waals surface area (Å²) in [6.45, 7) is 2.76. The molecule has 1 saturated heterocycles. The van der Waals surface area contributed by atoms with E-state index in [1.165, 1.54) is 5.57 Å². The molecule has 3 rings (SSSR count). The van der Waals surface area contributed by atoms with Crippen LogP contribution < -0.4 is 10.5 Å². The summed E-state index contributed by atoms with van der Waals surface area (Å²) in [6, 6.07) is 6.80. The van der Waals surface area contributed by atoms with Crippen LogP contribution in [0.15, 0.2) is 48.1 Å². The third-order valence-corrected chi connectivity index (χ3v) is 5.23. The van der Waals surface area contributed by atoms with Gasteiger partial charge in [-0.15, -0.1) is 0 Å². The van der Waals surface area contributed by atoms with Gasteiger partial charge in [0.2, 0.25) is 5.91 Å². The van der Waals surface area contributed by atoms with Crippen LogP contribution in [0, 0.1) is 0 Å². The molecule has 0 spiro atoms. The molecule has 5 heteroatoms. The van der Waals surface area contributed by atoms with E-state index < -0.39 is 6.04 Å².